The monoisotopic (exact) mass is 325 g/mol. The van der Waals surface area contributed by atoms with Gasteiger partial charge in [0.05, 0.1) is 27.9 Å². The first kappa shape index (κ1) is 18.6. The molecule has 0 saturated carbocycles. The smallest absolute Gasteiger partial charge is 0.328 e. The maximum absolute atomic E-state index is 12.0. The molecule has 0 aliphatic rings. The van der Waals surface area contributed by atoms with Crippen molar-refractivity contribution in [3.05, 3.63) is 17.7 Å². The lowest BCUT2D eigenvalue weighted by Gasteiger charge is -2.18. The highest BCUT2D eigenvalue weighted by molar-refractivity contribution is 5.83. The van der Waals surface area contributed by atoms with Crippen molar-refractivity contribution in [1.82, 2.24) is 5.32 Å². The molecule has 128 valence electrons. The summed E-state index contributed by atoms with van der Waals surface area (Å²) in [7, 11) is 4.54. The average Bonchev–Trinajstić information content (AvgIpc) is 2.52. The maximum atomic E-state index is 12.0. The SMILES string of the molecule is CCOC(=O)C(Cc1cc(OC)c(OC)c(OC)c1)NC(C)=O. The van der Waals surface area contributed by atoms with E-state index < -0.39 is 12.0 Å². The standard InChI is InChI=1S/C16H23NO6/c1-6-23-16(19)12(17-10(2)18)7-11-8-13(20-3)15(22-5)14(9-11)21-4/h8-9,12H,6-7H2,1-5H3,(H,17,18). The lowest BCUT2D eigenvalue weighted by molar-refractivity contribution is -0.147. The number of amides is 1. The van der Waals surface area contributed by atoms with Gasteiger partial charge in [0.2, 0.25) is 11.7 Å². The van der Waals surface area contributed by atoms with Crippen LogP contribution in [0.5, 0.6) is 17.2 Å². The van der Waals surface area contributed by atoms with E-state index in [2.05, 4.69) is 5.32 Å². The van der Waals surface area contributed by atoms with E-state index in [1.54, 1.807) is 19.1 Å². The molecule has 1 amide bonds. The molecule has 0 aliphatic carbocycles. The molecular formula is C16H23NO6. The molecule has 1 rings (SSSR count). The van der Waals surface area contributed by atoms with Crippen LogP contribution in [-0.4, -0.2) is 45.9 Å². The van der Waals surface area contributed by atoms with Crippen LogP contribution in [0.2, 0.25) is 0 Å². The van der Waals surface area contributed by atoms with E-state index in [1.807, 2.05) is 0 Å². The molecule has 0 aromatic heterocycles. The minimum atomic E-state index is -0.782. The third-order valence-corrected chi connectivity index (χ3v) is 3.11. The van der Waals surface area contributed by atoms with Gasteiger partial charge >= 0.3 is 5.97 Å². The first-order valence-corrected chi connectivity index (χ1v) is 7.19. The number of esters is 1. The summed E-state index contributed by atoms with van der Waals surface area (Å²) in [5, 5.41) is 2.59. The maximum Gasteiger partial charge on any atom is 0.328 e. The fourth-order valence-corrected chi connectivity index (χ4v) is 2.17. The van der Waals surface area contributed by atoms with Crippen LogP contribution in [-0.2, 0) is 20.7 Å². The second-order valence-corrected chi connectivity index (χ2v) is 4.74. The van der Waals surface area contributed by atoms with Crippen molar-refractivity contribution in [3.63, 3.8) is 0 Å². The molecule has 7 nitrogen and oxygen atoms in total. The van der Waals surface area contributed by atoms with Crippen molar-refractivity contribution < 1.29 is 28.5 Å². The van der Waals surface area contributed by atoms with Gasteiger partial charge in [-0.2, -0.15) is 0 Å². The summed E-state index contributed by atoms with van der Waals surface area (Å²) in [6, 6.07) is 2.68. The number of hydrogen-bond acceptors (Lipinski definition) is 6. The summed E-state index contributed by atoms with van der Waals surface area (Å²) in [6.07, 6.45) is 0.245. The molecule has 7 heteroatoms. The lowest BCUT2D eigenvalue weighted by Crippen LogP contribution is -2.42. The highest BCUT2D eigenvalue weighted by Gasteiger charge is 2.23. The Balaban J connectivity index is 3.12. The van der Waals surface area contributed by atoms with Gasteiger partial charge in [-0.15, -0.1) is 0 Å². The van der Waals surface area contributed by atoms with Gasteiger partial charge in [0.25, 0.3) is 0 Å². The molecule has 1 N–H and O–H groups in total. The number of nitrogens with one attached hydrogen (secondary N) is 1. The van der Waals surface area contributed by atoms with Crippen molar-refractivity contribution in [2.24, 2.45) is 0 Å². The first-order chi connectivity index (χ1) is 11.0. The summed E-state index contributed by atoms with van der Waals surface area (Å²) in [5.41, 5.74) is 0.742. The van der Waals surface area contributed by atoms with E-state index in [0.717, 1.165) is 5.56 Å². The molecule has 1 aromatic carbocycles. The summed E-state index contributed by atoms with van der Waals surface area (Å²) in [4.78, 5) is 23.3. The van der Waals surface area contributed by atoms with E-state index in [9.17, 15) is 9.59 Å². The van der Waals surface area contributed by atoms with E-state index in [4.69, 9.17) is 18.9 Å². The van der Waals surface area contributed by atoms with Crippen molar-refractivity contribution in [1.29, 1.82) is 0 Å². The Morgan fingerprint density at radius 2 is 1.65 bits per heavy atom. The van der Waals surface area contributed by atoms with Crippen molar-refractivity contribution in [3.8, 4) is 17.2 Å². The van der Waals surface area contributed by atoms with Gasteiger partial charge in [0.15, 0.2) is 11.5 Å². The van der Waals surface area contributed by atoms with Crippen LogP contribution in [0.25, 0.3) is 0 Å². The summed E-state index contributed by atoms with van der Waals surface area (Å²) in [5.74, 6) is 0.623. The van der Waals surface area contributed by atoms with E-state index in [1.165, 1.54) is 28.3 Å². The molecule has 0 bridgehead atoms. The molecular weight excluding hydrogens is 302 g/mol. The topological polar surface area (TPSA) is 83.1 Å². The fourth-order valence-electron chi connectivity index (χ4n) is 2.17. The molecule has 0 heterocycles. The Morgan fingerprint density at radius 1 is 1.09 bits per heavy atom. The van der Waals surface area contributed by atoms with Crippen LogP contribution in [0, 0.1) is 0 Å². The number of carbonyl (C=O) groups is 2. The number of rotatable bonds is 8. The van der Waals surface area contributed by atoms with Crippen LogP contribution in [0.3, 0.4) is 0 Å². The van der Waals surface area contributed by atoms with Gasteiger partial charge in [-0.25, -0.2) is 4.79 Å². The third kappa shape index (κ3) is 5.05. The van der Waals surface area contributed by atoms with Crippen molar-refractivity contribution in [2.45, 2.75) is 26.3 Å². The number of ether oxygens (including phenoxy) is 4. The zero-order valence-electron chi connectivity index (χ0n) is 14.1. The van der Waals surface area contributed by atoms with Crippen molar-refractivity contribution in [2.75, 3.05) is 27.9 Å². The van der Waals surface area contributed by atoms with Crippen LogP contribution in [0.15, 0.2) is 12.1 Å². The van der Waals surface area contributed by atoms with Gasteiger partial charge in [-0.05, 0) is 24.6 Å². The Kier molecular flexibility index (Phi) is 7.18. The van der Waals surface area contributed by atoms with E-state index >= 15 is 0 Å². The quantitative estimate of drug-likeness (QED) is 0.726. The predicted molar refractivity (Wildman–Crippen MR) is 84.0 cm³/mol. The highest BCUT2D eigenvalue weighted by atomic mass is 16.5. The first-order valence-electron chi connectivity index (χ1n) is 7.19. The summed E-state index contributed by atoms with van der Waals surface area (Å²) >= 11 is 0. The molecule has 0 aliphatic heterocycles. The largest absolute Gasteiger partial charge is 0.493 e. The molecule has 23 heavy (non-hydrogen) atoms. The van der Waals surface area contributed by atoms with Gasteiger partial charge < -0.3 is 24.3 Å². The van der Waals surface area contributed by atoms with Crippen LogP contribution >= 0.6 is 0 Å². The molecule has 0 fully saturated rings. The van der Waals surface area contributed by atoms with Crippen LogP contribution in [0.1, 0.15) is 19.4 Å². The van der Waals surface area contributed by atoms with Gasteiger partial charge in [-0.1, -0.05) is 0 Å². The Labute approximate surface area is 135 Å². The molecule has 1 unspecified atom stereocenters. The predicted octanol–water partition coefficient (Wildman–Crippen LogP) is 1.32. The van der Waals surface area contributed by atoms with Gasteiger partial charge in [-0.3, -0.25) is 4.79 Å². The zero-order valence-corrected chi connectivity index (χ0v) is 14.1. The minimum absolute atomic E-state index is 0.240. The Bertz CT molecular complexity index is 532. The lowest BCUT2D eigenvalue weighted by atomic mass is 10.0. The molecule has 1 aromatic rings. The average molecular weight is 325 g/mol. The number of carbonyl (C=O) groups excluding carboxylic acids is 2. The van der Waals surface area contributed by atoms with Crippen LogP contribution in [0.4, 0.5) is 0 Å². The molecule has 1 atom stereocenters. The second-order valence-electron chi connectivity index (χ2n) is 4.74. The molecule has 0 saturated heterocycles. The van der Waals surface area contributed by atoms with E-state index in [-0.39, 0.29) is 18.9 Å². The van der Waals surface area contributed by atoms with Crippen LogP contribution < -0.4 is 19.5 Å². The van der Waals surface area contributed by atoms with Gasteiger partial charge in [0.1, 0.15) is 6.04 Å². The Hall–Kier alpha value is -2.44. The normalized spacial score (nSPS) is 11.3. The fraction of sp³-hybridized carbons (Fsp3) is 0.500. The van der Waals surface area contributed by atoms with Gasteiger partial charge in [0, 0.05) is 13.3 Å². The number of methoxy groups -OCH3 is 3. The zero-order chi connectivity index (χ0) is 17.4. The number of hydrogen-bond donors (Lipinski definition) is 1. The second kappa shape index (κ2) is 8.87. The van der Waals surface area contributed by atoms with E-state index in [0.29, 0.717) is 17.2 Å². The summed E-state index contributed by atoms with van der Waals surface area (Å²) in [6.45, 7) is 3.30. The number of benzene rings is 1. The Morgan fingerprint density at radius 3 is 2.04 bits per heavy atom. The highest BCUT2D eigenvalue weighted by Crippen LogP contribution is 2.38. The third-order valence-electron chi connectivity index (χ3n) is 3.11. The van der Waals surface area contributed by atoms with Crippen molar-refractivity contribution >= 4 is 11.9 Å². The summed E-state index contributed by atoms with van der Waals surface area (Å²) < 4.78 is 20.8. The molecule has 0 spiro atoms. The molecule has 0 radical (unpaired) electrons. The minimum Gasteiger partial charge on any atom is -0.493 e.